The number of rotatable bonds is 8. The topological polar surface area (TPSA) is 144 Å². The summed E-state index contributed by atoms with van der Waals surface area (Å²) in [5.41, 5.74) is 5.12. The second-order valence-corrected chi connectivity index (χ2v) is 24.6. The van der Waals surface area contributed by atoms with Crippen LogP contribution in [-0.4, -0.2) is 58.5 Å². The standard InChI is InChI=1S/C29H46N4O7SSi2/c1-11-42(7,8)40-24-26(33-17-19(2)25(34)32(6)27(33)35)39-21(18-38-43(9,10)28(3,4)5)29(24)23(30)22(41(36,37)31-29)20-15-13-12-14-16-20/h12-17,21,24,26,31H,11,18,30H2,1-10H3/t21?,24-,26?,29-/m0/s1. The summed E-state index contributed by atoms with van der Waals surface area (Å²) >= 11 is 0. The molecule has 14 heteroatoms. The Bertz CT molecular complexity index is 1650. The molecule has 2 unspecified atom stereocenters. The van der Waals surface area contributed by atoms with E-state index in [4.69, 9.17) is 19.3 Å². The fourth-order valence-corrected chi connectivity index (χ4v) is 9.22. The molecule has 0 bridgehead atoms. The number of sulfonamides is 1. The van der Waals surface area contributed by atoms with Crippen molar-refractivity contribution in [2.75, 3.05) is 6.61 Å². The summed E-state index contributed by atoms with van der Waals surface area (Å²) in [7, 11) is -7.58. The van der Waals surface area contributed by atoms with E-state index in [1.54, 1.807) is 37.3 Å². The van der Waals surface area contributed by atoms with Gasteiger partial charge in [0, 0.05) is 18.8 Å². The fraction of sp³-hybridized carbons (Fsp3) is 0.586. The van der Waals surface area contributed by atoms with Crippen LogP contribution in [0.3, 0.4) is 0 Å². The molecular weight excluding hydrogens is 605 g/mol. The third kappa shape index (κ3) is 5.78. The van der Waals surface area contributed by atoms with Crippen LogP contribution in [0.1, 0.15) is 45.0 Å². The van der Waals surface area contributed by atoms with Crippen molar-refractivity contribution in [2.24, 2.45) is 12.8 Å². The molecule has 4 atom stereocenters. The molecule has 0 radical (unpaired) electrons. The van der Waals surface area contributed by atoms with E-state index in [0.717, 1.165) is 4.57 Å². The lowest BCUT2D eigenvalue weighted by atomic mass is 9.85. The van der Waals surface area contributed by atoms with E-state index in [2.05, 4.69) is 38.6 Å². The molecule has 2 aliphatic heterocycles. The zero-order valence-electron chi connectivity index (χ0n) is 26.8. The molecule has 0 amide bonds. The van der Waals surface area contributed by atoms with Crippen molar-refractivity contribution < 1.29 is 22.0 Å². The number of nitrogens with one attached hydrogen (secondary N) is 1. The highest BCUT2D eigenvalue weighted by Crippen LogP contribution is 2.50. The second kappa shape index (κ2) is 11.2. The van der Waals surface area contributed by atoms with Crippen LogP contribution < -0.4 is 21.7 Å². The first-order valence-corrected chi connectivity index (χ1v) is 22.1. The molecule has 11 nitrogen and oxygen atoms in total. The summed E-state index contributed by atoms with van der Waals surface area (Å²) in [5, 5.41) is -0.136. The predicted molar refractivity (Wildman–Crippen MR) is 173 cm³/mol. The highest BCUT2D eigenvalue weighted by Gasteiger charge is 2.67. The maximum absolute atomic E-state index is 14.0. The number of ether oxygens (including phenoxy) is 1. The van der Waals surface area contributed by atoms with Gasteiger partial charge in [0.2, 0.25) is 10.0 Å². The average molecular weight is 651 g/mol. The zero-order chi connectivity index (χ0) is 32.3. The summed E-state index contributed by atoms with van der Waals surface area (Å²) in [5.74, 6) is 0. The highest BCUT2D eigenvalue weighted by molar-refractivity contribution is 7.99. The quantitative estimate of drug-likeness (QED) is 0.414. The summed E-state index contributed by atoms with van der Waals surface area (Å²) in [6, 6.07) is 9.38. The van der Waals surface area contributed by atoms with Crippen LogP contribution in [0.25, 0.3) is 4.91 Å². The normalized spacial score (nSPS) is 26.0. The van der Waals surface area contributed by atoms with Crippen molar-refractivity contribution in [3.8, 4) is 0 Å². The Kier molecular flexibility index (Phi) is 8.76. The Morgan fingerprint density at radius 1 is 1.12 bits per heavy atom. The van der Waals surface area contributed by atoms with Gasteiger partial charge in [-0.15, -0.1) is 0 Å². The molecular formula is C29H46N4O7SSi2. The van der Waals surface area contributed by atoms with E-state index in [1.165, 1.54) is 17.8 Å². The first-order chi connectivity index (χ1) is 19.7. The van der Waals surface area contributed by atoms with Crippen molar-refractivity contribution in [1.82, 2.24) is 13.9 Å². The summed E-state index contributed by atoms with van der Waals surface area (Å²) < 4.78 is 53.4. The Morgan fingerprint density at radius 2 is 1.72 bits per heavy atom. The van der Waals surface area contributed by atoms with Crippen LogP contribution in [0.2, 0.25) is 37.3 Å². The first kappa shape index (κ1) is 33.6. The predicted octanol–water partition coefficient (Wildman–Crippen LogP) is 3.38. The third-order valence-corrected chi connectivity index (χ3v) is 18.0. The zero-order valence-corrected chi connectivity index (χ0v) is 29.7. The molecule has 4 rings (SSSR count). The number of hydrogen-bond acceptors (Lipinski definition) is 8. The van der Waals surface area contributed by atoms with Crippen molar-refractivity contribution >= 4 is 31.6 Å². The molecule has 0 saturated carbocycles. The van der Waals surface area contributed by atoms with E-state index < -0.39 is 61.9 Å². The fourth-order valence-electron chi connectivity index (χ4n) is 5.25. The lowest BCUT2D eigenvalue weighted by Gasteiger charge is -2.41. The largest absolute Gasteiger partial charge is 0.414 e. The number of nitrogens with two attached hydrogens (primary N) is 1. The van der Waals surface area contributed by atoms with Gasteiger partial charge in [0.25, 0.3) is 5.56 Å². The number of aromatic nitrogens is 2. The van der Waals surface area contributed by atoms with Crippen molar-refractivity contribution in [2.45, 2.75) is 95.9 Å². The van der Waals surface area contributed by atoms with Gasteiger partial charge in [-0.25, -0.2) is 13.2 Å². The molecule has 3 heterocycles. The van der Waals surface area contributed by atoms with E-state index in [9.17, 15) is 18.0 Å². The molecule has 238 valence electrons. The summed E-state index contributed by atoms with van der Waals surface area (Å²) in [4.78, 5) is 26.1. The van der Waals surface area contributed by atoms with Gasteiger partial charge in [0.1, 0.15) is 22.7 Å². The molecule has 1 aromatic heterocycles. The smallest absolute Gasteiger partial charge is 0.332 e. The molecule has 2 aromatic rings. The molecule has 43 heavy (non-hydrogen) atoms. The van der Waals surface area contributed by atoms with Crippen molar-refractivity contribution in [3.05, 3.63) is 74.2 Å². The molecule has 2 aliphatic rings. The molecule has 3 N–H and O–H groups in total. The summed E-state index contributed by atoms with van der Waals surface area (Å²) in [6.07, 6.45) is -1.68. The Balaban J connectivity index is 2.02. The van der Waals surface area contributed by atoms with E-state index in [-0.39, 0.29) is 22.2 Å². The van der Waals surface area contributed by atoms with E-state index in [1.807, 2.05) is 20.0 Å². The van der Waals surface area contributed by atoms with E-state index in [0.29, 0.717) is 17.2 Å². The molecule has 0 aliphatic carbocycles. The van der Waals surface area contributed by atoms with Crippen LogP contribution in [0.15, 0.2) is 51.8 Å². The first-order valence-electron chi connectivity index (χ1n) is 14.6. The minimum Gasteiger partial charge on any atom is -0.414 e. The van der Waals surface area contributed by atoms with Crippen LogP contribution in [0.5, 0.6) is 0 Å². The third-order valence-electron chi connectivity index (χ3n) is 9.27. The lowest BCUT2D eigenvalue weighted by molar-refractivity contribution is -0.0496. The van der Waals surface area contributed by atoms with Gasteiger partial charge in [0.15, 0.2) is 22.9 Å². The van der Waals surface area contributed by atoms with Gasteiger partial charge < -0.3 is 19.3 Å². The van der Waals surface area contributed by atoms with Gasteiger partial charge in [-0.3, -0.25) is 13.9 Å². The number of aryl methyl sites for hydroxylation is 1. The second-order valence-electron chi connectivity index (χ2n) is 13.7. The van der Waals surface area contributed by atoms with Gasteiger partial charge in [-0.1, -0.05) is 58.0 Å². The van der Waals surface area contributed by atoms with Gasteiger partial charge in [-0.2, -0.15) is 4.72 Å². The molecule has 1 spiro atoms. The summed E-state index contributed by atoms with van der Waals surface area (Å²) in [6.45, 7) is 18.2. The number of benzene rings is 1. The number of hydrogen-bond donors (Lipinski definition) is 2. The molecule has 1 fully saturated rings. The van der Waals surface area contributed by atoms with Crippen LogP contribution in [-0.2, 0) is 30.7 Å². The van der Waals surface area contributed by atoms with Crippen LogP contribution in [0, 0.1) is 6.92 Å². The Hall–Kier alpha value is -2.34. The van der Waals surface area contributed by atoms with Crippen molar-refractivity contribution in [1.29, 1.82) is 0 Å². The van der Waals surface area contributed by atoms with Crippen LogP contribution >= 0.6 is 0 Å². The van der Waals surface area contributed by atoms with E-state index >= 15 is 0 Å². The monoisotopic (exact) mass is 650 g/mol. The minimum absolute atomic E-state index is 0.00570. The molecule has 1 aromatic carbocycles. The Morgan fingerprint density at radius 3 is 2.28 bits per heavy atom. The minimum atomic E-state index is -4.16. The lowest BCUT2D eigenvalue weighted by Crippen LogP contribution is -2.64. The SMILES string of the molecule is CC[Si](C)(C)O[C@H]1C(n2cc(C)c(=O)n(C)c2=O)OC(CO[Si](C)(C)C(C)(C)C)[C@@]12NS(=O)(=O)C(c1ccccc1)=C2N. The number of nitrogens with zero attached hydrogens (tertiary/aromatic N) is 2. The highest BCUT2D eigenvalue weighted by atomic mass is 32.2. The maximum Gasteiger partial charge on any atom is 0.332 e. The average Bonchev–Trinajstić information content (AvgIpc) is 3.32. The Labute approximate surface area is 256 Å². The molecule has 1 saturated heterocycles. The van der Waals surface area contributed by atoms with Gasteiger partial charge >= 0.3 is 5.69 Å². The maximum atomic E-state index is 14.0. The van der Waals surface area contributed by atoms with Crippen LogP contribution in [0.4, 0.5) is 0 Å². The van der Waals surface area contributed by atoms with Crippen molar-refractivity contribution in [3.63, 3.8) is 0 Å². The van der Waals surface area contributed by atoms with Gasteiger partial charge in [-0.05, 0) is 49.8 Å². The van der Waals surface area contributed by atoms with Gasteiger partial charge in [0.05, 0.1) is 12.3 Å².